The van der Waals surface area contributed by atoms with Crippen molar-refractivity contribution in [2.75, 3.05) is 0 Å². The van der Waals surface area contributed by atoms with E-state index in [1.807, 2.05) is 30.3 Å². The fourth-order valence-corrected chi connectivity index (χ4v) is 0.521. The van der Waals surface area contributed by atoms with Crippen LogP contribution in [0.5, 0.6) is 0 Å². The molecule has 0 nitrogen and oxygen atoms in total. The van der Waals surface area contributed by atoms with E-state index < -0.39 is 0 Å². The van der Waals surface area contributed by atoms with E-state index in [1.54, 1.807) is 0 Å². The molecule has 46 valence electrons. The van der Waals surface area contributed by atoms with Gasteiger partial charge in [0.15, 0.2) is 0 Å². The Bertz CT molecular complexity index is 196. The van der Waals surface area contributed by atoms with Crippen molar-refractivity contribution < 1.29 is 19.5 Å². The van der Waals surface area contributed by atoms with Gasteiger partial charge in [-0.05, 0) is 0 Å². The molecule has 1 aromatic rings. The van der Waals surface area contributed by atoms with E-state index in [0.29, 0.717) is 0 Å². The van der Waals surface area contributed by atoms with E-state index in [4.69, 9.17) is 6.42 Å². The molecule has 0 bridgehead atoms. The first-order chi connectivity index (χ1) is 3.93. The molecule has 0 saturated heterocycles. The van der Waals surface area contributed by atoms with E-state index in [0.717, 1.165) is 5.56 Å². The van der Waals surface area contributed by atoms with Gasteiger partial charge in [0.25, 0.3) is 0 Å². The van der Waals surface area contributed by atoms with Crippen LogP contribution in [0, 0.1) is 19.8 Å². The molecule has 10 heavy (non-hydrogen) atoms. The Morgan fingerprint density at radius 1 is 1.10 bits per heavy atom. The molecular weight excluding hydrogens is 173 g/mol. The van der Waals surface area contributed by atoms with E-state index in [2.05, 4.69) is 5.92 Å². The van der Waals surface area contributed by atoms with Gasteiger partial charge in [-0.3, -0.25) is 5.92 Å². The molecule has 0 spiro atoms. The maximum absolute atomic E-state index is 6.69. The molecule has 0 aliphatic carbocycles. The number of hydrogen-bond acceptors (Lipinski definition) is 0. The van der Waals surface area contributed by atoms with Gasteiger partial charge in [-0.25, -0.2) is 0 Å². The minimum absolute atomic E-state index is 0. The SMILES string of the molecule is [C-]#Cc1ccccc1.[CH3-].[Zn+2]. The Morgan fingerprint density at radius 3 is 1.90 bits per heavy atom. The summed E-state index contributed by atoms with van der Waals surface area (Å²) in [6, 6.07) is 9.37. The third-order valence-electron chi connectivity index (χ3n) is 0.918. The summed E-state index contributed by atoms with van der Waals surface area (Å²) in [5, 5.41) is 0. The summed E-state index contributed by atoms with van der Waals surface area (Å²) < 4.78 is 0. The standard InChI is InChI=1S/C8H5.CH3.Zn/c1-2-8-6-4-3-5-7-8;;/h3-7H;1H3;/q2*-1;+2. The number of rotatable bonds is 0. The van der Waals surface area contributed by atoms with E-state index in [-0.39, 0.29) is 26.9 Å². The van der Waals surface area contributed by atoms with Crippen molar-refractivity contribution in [3.8, 4) is 5.92 Å². The molecule has 0 aliphatic rings. The molecule has 0 amide bonds. The normalized spacial score (nSPS) is 6.30. The summed E-state index contributed by atoms with van der Waals surface area (Å²) in [6.07, 6.45) is 6.69. The Kier molecular flexibility index (Phi) is 7.90. The zero-order valence-electron chi connectivity index (χ0n) is 6.09. The topological polar surface area (TPSA) is 0 Å². The van der Waals surface area contributed by atoms with Gasteiger partial charge in [0, 0.05) is 0 Å². The largest absolute Gasteiger partial charge is 2.00 e. The summed E-state index contributed by atoms with van der Waals surface area (Å²) in [5.74, 6) is 2.28. The molecule has 1 aromatic carbocycles. The molecule has 0 aromatic heterocycles. The minimum atomic E-state index is 0. The average molecular weight is 182 g/mol. The summed E-state index contributed by atoms with van der Waals surface area (Å²) in [5.41, 5.74) is 0.826. The van der Waals surface area contributed by atoms with Crippen molar-refractivity contribution in [3.05, 3.63) is 49.7 Å². The van der Waals surface area contributed by atoms with Gasteiger partial charge in [0.05, 0.1) is 0 Å². The van der Waals surface area contributed by atoms with Gasteiger partial charge in [-0.2, -0.15) is 0 Å². The third kappa shape index (κ3) is 3.43. The van der Waals surface area contributed by atoms with Crippen LogP contribution in [0.2, 0.25) is 0 Å². The van der Waals surface area contributed by atoms with Gasteiger partial charge in [0.1, 0.15) is 0 Å². The summed E-state index contributed by atoms with van der Waals surface area (Å²) in [6.45, 7) is 0. The van der Waals surface area contributed by atoms with Crippen molar-refractivity contribution in [3.63, 3.8) is 0 Å². The van der Waals surface area contributed by atoms with Gasteiger partial charge in [0.2, 0.25) is 0 Å². The van der Waals surface area contributed by atoms with Gasteiger partial charge < -0.3 is 13.9 Å². The smallest absolute Gasteiger partial charge is 0.366 e. The summed E-state index contributed by atoms with van der Waals surface area (Å²) in [4.78, 5) is 0. The first kappa shape index (κ1) is 12.1. The number of hydrogen-bond donors (Lipinski definition) is 0. The molecule has 0 N–H and O–H groups in total. The molecule has 0 saturated carbocycles. The van der Waals surface area contributed by atoms with Crippen LogP contribution in [-0.4, -0.2) is 0 Å². The molecule has 0 heterocycles. The number of benzene rings is 1. The molecule has 0 fully saturated rings. The van der Waals surface area contributed by atoms with Crippen molar-refractivity contribution >= 4 is 0 Å². The zero-order chi connectivity index (χ0) is 5.82. The zero-order valence-corrected chi connectivity index (χ0v) is 9.06. The first-order valence-corrected chi connectivity index (χ1v) is 2.41. The van der Waals surface area contributed by atoms with Crippen LogP contribution in [-0.2, 0) is 19.5 Å². The predicted octanol–water partition coefficient (Wildman–Crippen LogP) is 2.07. The van der Waals surface area contributed by atoms with E-state index in [9.17, 15) is 0 Å². The van der Waals surface area contributed by atoms with Crippen molar-refractivity contribution in [2.24, 2.45) is 0 Å². The quantitative estimate of drug-likeness (QED) is 0.327. The molecular formula is C9H8Zn. The summed E-state index contributed by atoms with van der Waals surface area (Å²) >= 11 is 0. The Morgan fingerprint density at radius 2 is 1.60 bits per heavy atom. The fourth-order valence-electron chi connectivity index (χ4n) is 0.521. The Labute approximate surface area is 75.4 Å². The molecule has 1 rings (SSSR count). The van der Waals surface area contributed by atoms with Crippen molar-refractivity contribution in [2.45, 2.75) is 0 Å². The minimum Gasteiger partial charge on any atom is -0.366 e. The van der Waals surface area contributed by atoms with Crippen LogP contribution < -0.4 is 0 Å². The second-order valence-corrected chi connectivity index (χ2v) is 1.49. The van der Waals surface area contributed by atoms with Crippen LogP contribution in [0.4, 0.5) is 0 Å². The van der Waals surface area contributed by atoms with Crippen molar-refractivity contribution in [1.29, 1.82) is 0 Å². The Hall–Kier alpha value is -0.597. The second kappa shape index (κ2) is 6.52. The molecule has 1 heteroatoms. The van der Waals surface area contributed by atoms with Gasteiger partial charge >= 0.3 is 19.5 Å². The van der Waals surface area contributed by atoms with Crippen LogP contribution in [0.15, 0.2) is 30.3 Å². The van der Waals surface area contributed by atoms with Crippen LogP contribution in [0.25, 0.3) is 0 Å². The third-order valence-corrected chi connectivity index (χ3v) is 0.918. The van der Waals surface area contributed by atoms with Gasteiger partial charge in [-0.15, -0.1) is 17.7 Å². The maximum Gasteiger partial charge on any atom is 2.00 e. The summed E-state index contributed by atoms with van der Waals surface area (Å²) in [7, 11) is 0. The molecule has 0 atom stereocenters. The maximum atomic E-state index is 6.69. The monoisotopic (exact) mass is 180 g/mol. The first-order valence-electron chi connectivity index (χ1n) is 2.41. The van der Waals surface area contributed by atoms with E-state index >= 15 is 0 Å². The molecule has 0 aliphatic heterocycles. The van der Waals surface area contributed by atoms with Crippen molar-refractivity contribution in [1.82, 2.24) is 0 Å². The Balaban J connectivity index is 0. The fraction of sp³-hybridized carbons (Fsp3) is 0. The van der Waals surface area contributed by atoms with Crippen LogP contribution in [0.1, 0.15) is 5.56 Å². The average Bonchev–Trinajstić information content (AvgIpc) is 1.90. The molecule has 0 unspecified atom stereocenters. The van der Waals surface area contributed by atoms with Crippen LogP contribution in [0.3, 0.4) is 0 Å². The van der Waals surface area contributed by atoms with Gasteiger partial charge in [-0.1, -0.05) is 18.2 Å². The predicted molar refractivity (Wildman–Crippen MR) is 39.1 cm³/mol. The van der Waals surface area contributed by atoms with E-state index in [1.165, 1.54) is 0 Å². The van der Waals surface area contributed by atoms with Crippen LogP contribution >= 0.6 is 0 Å². The molecule has 0 radical (unpaired) electrons. The second-order valence-electron chi connectivity index (χ2n) is 1.49.